The summed E-state index contributed by atoms with van der Waals surface area (Å²) >= 11 is 0. The van der Waals surface area contributed by atoms with Crippen LogP contribution in [0.15, 0.2) is 29.5 Å². The zero-order valence-electron chi connectivity index (χ0n) is 6.32. The number of hydrogen-bond acceptors (Lipinski definition) is 0. The van der Waals surface area contributed by atoms with E-state index in [9.17, 15) is 0 Å². The van der Waals surface area contributed by atoms with Gasteiger partial charge in [-0.15, -0.1) is 5.73 Å². The number of halogens is 1. The summed E-state index contributed by atoms with van der Waals surface area (Å²) in [4.78, 5) is 0. The predicted molar refractivity (Wildman–Crippen MR) is 35.3 cm³/mol. The van der Waals surface area contributed by atoms with Crippen molar-refractivity contribution < 1.29 is 43.5 Å². The summed E-state index contributed by atoms with van der Waals surface area (Å²) in [5.74, 6) is 1.27. The molecule has 0 heterocycles. The van der Waals surface area contributed by atoms with Crippen LogP contribution in [0.5, 0.6) is 0 Å². The maximum atomic E-state index is 3.10. The van der Waals surface area contributed by atoms with Crippen molar-refractivity contribution >= 4 is 0 Å². The van der Waals surface area contributed by atoms with Crippen LogP contribution in [0.2, 0.25) is 0 Å². The number of hydrogen-bond donors (Lipinski definition) is 0. The van der Waals surface area contributed by atoms with E-state index in [4.69, 9.17) is 0 Å². The molecule has 0 saturated heterocycles. The van der Waals surface area contributed by atoms with E-state index in [1.54, 1.807) is 0 Å². The standard InChI is InChI=1S/C8H9.HI.Zn/c1-7-3-5-8(2)6-4-7;;/h3-5H,1-2H3;1H;/p-1. The minimum absolute atomic E-state index is 0. The van der Waals surface area contributed by atoms with Gasteiger partial charge in [0.25, 0.3) is 0 Å². The van der Waals surface area contributed by atoms with Crippen molar-refractivity contribution in [1.82, 2.24) is 0 Å². The van der Waals surface area contributed by atoms with Crippen LogP contribution >= 0.6 is 0 Å². The molecular formula is C8H9IZn-. The zero-order chi connectivity index (χ0) is 5.98. The van der Waals surface area contributed by atoms with Gasteiger partial charge in [-0.2, -0.15) is 0 Å². The van der Waals surface area contributed by atoms with Crippen molar-refractivity contribution in [3.8, 4) is 0 Å². The molecule has 0 aromatic carbocycles. The molecule has 0 atom stereocenters. The molecule has 1 radical (unpaired) electrons. The van der Waals surface area contributed by atoms with Gasteiger partial charge in [-0.3, -0.25) is 0 Å². The summed E-state index contributed by atoms with van der Waals surface area (Å²) in [5.41, 5.74) is 4.30. The van der Waals surface area contributed by atoms with Gasteiger partial charge in [-0.05, 0) is 18.6 Å². The molecule has 0 fully saturated rings. The molecule has 0 aliphatic heterocycles. The van der Waals surface area contributed by atoms with Crippen molar-refractivity contribution in [2.45, 2.75) is 13.8 Å². The largest absolute Gasteiger partial charge is 1.00 e. The Bertz CT molecular complexity index is 176. The van der Waals surface area contributed by atoms with Gasteiger partial charge in [-0.1, -0.05) is 19.1 Å². The van der Waals surface area contributed by atoms with Crippen LogP contribution in [0.4, 0.5) is 0 Å². The van der Waals surface area contributed by atoms with Crippen molar-refractivity contribution in [3.63, 3.8) is 0 Å². The Hall–Kier alpha value is 0.613. The molecule has 0 aromatic rings. The van der Waals surface area contributed by atoms with E-state index in [1.807, 2.05) is 13.0 Å². The van der Waals surface area contributed by atoms with Gasteiger partial charge >= 0.3 is 0 Å². The first-order chi connectivity index (χ1) is 3.79. The van der Waals surface area contributed by atoms with Crippen LogP contribution in [-0.2, 0) is 19.5 Å². The molecule has 1 aliphatic rings. The summed E-state index contributed by atoms with van der Waals surface area (Å²) in [5, 5.41) is 0. The van der Waals surface area contributed by atoms with E-state index in [2.05, 4.69) is 24.8 Å². The third kappa shape index (κ3) is 4.43. The first-order valence-corrected chi connectivity index (χ1v) is 2.74. The van der Waals surface area contributed by atoms with Crippen molar-refractivity contribution in [1.29, 1.82) is 0 Å². The van der Waals surface area contributed by atoms with Gasteiger partial charge in [0.15, 0.2) is 0 Å². The molecular weight excluding hydrogens is 288 g/mol. The van der Waals surface area contributed by atoms with Gasteiger partial charge < -0.3 is 24.0 Å². The summed E-state index contributed by atoms with van der Waals surface area (Å²) < 4.78 is 0. The maximum absolute atomic E-state index is 3.10. The average Bonchev–Trinajstić information content (AvgIpc) is 1.77. The first-order valence-electron chi connectivity index (χ1n) is 2.74. The van der Waals surface area contributed by atoms with E-state index < -0.39 is 0 Å². The van der Waals surface area contributed by atoms with E-state index in [0.29, 0.717) is 0 Å². The Morgan fingerprint density at radius 2 is 1.80 bits per heavy atom. The molecule has 0 amide bonds. The SMILES string of the molecule is C[C]1C=C=C(C)C=C1.[I-].[Zn]. The Morgan fingerprint density at radius 3 is 2.10 bits per heavy atom. The van der Waals surface area contributed by atoms with E-state index in [-0.39, 0.29) is 43.5 Å². The van der Waals surface area contributed by atoms with Gasteiger partial charge in [0.1, 0.15) is 0 Å². The van der Waals surface area contributed by atoms with Gasteiger partial charge in [-0.25, -0.2) is 0 Å². The molecule has 0 saturated carbocycles. The minimum Gasteiger partial charge on any atom is -1.00 e. The Morgan fingerprint density at radius 1 is 1.20 bits per heavy atom. The monoisotopic (exact) mass is 296 g/mol. The third-order valence-electron chi connectivity index (χ3n) is 1.12. The fourth-order valence-electron chi connectivity index (χ4n) is 0.580. The Kier molecular flexibility index (Phi) is 8.37. The van der Waals surface area contributed by atoms with Crippen LogP contribution in [0.25, 0.3) is 0 Å². The summed E-state index contributed by atoms with van der Waals surface area (Å²) in [6, 6.07) is 0. The quantitative estimate of drug-likeness (QED) is 0.314. The molecule has 0 bridgehead atoms. The topological polar surface area (TPSA) is 0 Å². The van der Waals surface area contributed by atoms with Crippen molar-refractivity contribution in [3.05, 3.63) is 35.5 Å². The fraction of sp³-hybridized carbons (Fsp3) is 0.250. The molecule has 10 heavy (non-hydrogen) atoms. The second-order valence-corrected chi connectivity index (χ2v) is 2.05. The van der Waals surface area contributed by atoms with Gasteiger partial charge in [0.2, 0.25) is 0 Å². The Balaban J connectivity index is 0. The van der Waals surface area contributed by atoms with E-state index >= 15 is 0 Å². The first kappa shape index (κ1) is 13.2. The fourth-order valence-corrected chi connectivity index (χ4v) is 0.580. The molecule has 1 aliphatic carbocycles. The Labute approximate surface area is 92.2 Å². The molecule has 0 aromatic heterocycles. The van der Waals surface area contributed by atoms with Crippen LogP contribution < -0.4 is 24.0 Å². The molecule has 0 nitrogen and oxygen atoms in total. The van der Waals surface area contributed by atoms with E-state index in [0.717, 1.165) is 0 Å². The smallest absolute Gasteiger partial charge is 0.0241 e. The minimum atomic E-state index is 0. The normalized spacial score (nSPS) is 15.2. The molecule has 2 heteroatoms. The summed E-state index contributed by atoms with van der Waals surface area (Å²) in [6.45, 7) is 4.11. The second-order valence-electron chi connectivity index (χ2n) is 2.05. The average molecular weight is 297 g/mol. The van der Waals surface area contributed by atoms with Crippen molar-refractivity contribution in [2.75, 3.05) is 0 Å². The van der Waals surface area contributed by atoms with Crippen LogP contribution in [-0.4, -0.2) is 0 Å². The third-order valence-corrected chi connectivity index (χ3v) is 1.12. The molecule has 51 valence electrons. The van der Waals surface area contributed by atoms with Crippen molar-refractivity contribution in [2.24, 2.45) is 0 Å². The van der Waals surface area contributed by atoms with Gasteiger partial charge in [0.05, 0.1) is 0 Å². The van der Waals surface area contributed by atoms with Crippen LogP contribution in [0.3, 0.4) is 0 Å². The van der Waals surface area contributed by atoms with Gasteiger partial charge in [0, 0.05) is 25.4 Å². The summed E-state index contributed by atoms with van der Waals surface area (Å²) in [6.07, 6.45) is 6.15. The number of allylic oxidation sites excluding steroid dienone is 3. The second kappa shape index (κ2) is 6.33. The van der Waals surface area contributed by atoms with E-state index in [1.165, 1.54) is 11.5 Å². The molecule has 0 spiro atoms. The number of rotatable bonds is 0. The zero-order valence-corrected chi connectivity index (χ0v) is 11.4. The molecule has 0 unspecified atom stereocenters. The molecule has 1 rings (SSSR count). The molecule has 0 N–H and O–H groups in total. The maximum Gasteiger partial charge on any atom is 0.0241 e. The summed E-state index contributed by atoms with van der Waals surface area (Å²) in [7, 11) is 0. The van der Waals surface area contributed by atoms with Crippen LogP contribution in [0, 0.1) is 5.92 Å². The predicted octanol–water partition coefficient (Wildman–Crippen LogP) is -0.747. The van der Waals surface area contributed by atoms with Crippen LogP contribution in [0.1, 0.15) is 13.8 Å².